The summed E-state index contributed by atoms with van der Waals surface area (Å²) in [5, 5.41) is 3.14. The molecule has 12 heteroatoms. The zero-order valence-electron chi connectivity index (χ0n) is 14.1. The number of halogens is 1. The number of H-pyrrole nitrogens is 2. The van der Waals surface area contributed by atoms with Gasteiger partial charge in [0.15, 0.2) is 5.16 Å². The van der Waals surface area contributed by atoms with Crippen LogP contribution in [-0.2, 0) is 4.79 Å². The van der Waals surface area contributed by atoms with Crippen molar-refractivity contribution in [2.24, 2.45) is 0 Å². The first-order valence-corrected chi connectivity index (χ1v) is 9.10. The lowest BCUT2D eigenvalue weighted by Crippen LogP contribution is -2.32. The summed E-state index contributed by atoms with van der Waals surface area (Å²) in [6, 6.07) is 8.46. The molecule has 0 fully saturated rings. The normalized spacial score (nSPS) is 10.6. The summed E-state index contributed by atoms with van der Waals surface area (Å²) in [6.07, 6.45) is 0. The van der Waals surface area contributed by atoms with Crippen molar-refractivity contribution in [3.05, 3.63) is 72.6 Å². The highest BCUT2D eigenvalue weighted by atomic mass is 35.5. The summed E-state index contributed by atoms with van der Waals surface area (Å²) in [7, 11) is 0. The van der Waals surface area contributed by atoms with Crippen molar-refractivity contribution in [2.75, 3.05) is 16.8 Å². The Labute approximate surface area is 165 Å². The largest absolute Gasteiger partial charge is 0.383 e. The molecule has 0 saturated heterocycles. The second kappa shape index (κ2) is 8.15. The third-order valence-corrected chi connectivity index (χ3v) is 4.50. The van der Waals surface area contributed by atoms with E-state index in [0.717, 1.165) is 28.5 Å². The summed E-state index contributed by atoms with van der Waals surface area (Å²) < 4.78 is 1.13. The Hall–Kier alpha value is -3.31. The monoisotopic (exact) mass is 420 g/mol. The minimum atomic E-state index is -0.723. The fraction of sp³-hybridized carbons (Fsp3) is 0.0625. The Morgan fingerprint density at radius 1 is 1.14 bits per heavy atom. The van der Waals surface area contributed by atoms with Gasteiger partial charge in [-0.25, -0.2) is 14.3 Å². The first kappa shape index (κ1) is 19.5. The van der Waals surface area contributed by atoms with E-state index in [1.54, 1.807) is 24.3 Å². The lowest BCUT2D eigenvalue weighted by molar-refractivity contribution is -0.113. The zero-order chi connectivity index (χ0) is 20.3. The van der Waals surface area contributed by atoms with Crippen LogP contribution in [0, 0.1) is 0 Å². The van der Waals surface area contributed by atoms with Crippen molar-refractivity contribution in [1.29, 1.82) is 0 Å². The molecule has 5 N–H and O–H groups in total. The molecule has 144 valence electrons. The van der Waals surface area contributed by atoms with Crippen molar-refractivity contribution >= 4 is 40.9 Å². The van der Waals surface area contributed by atoms with E-state index in [1.165, 1.54) is 0 Å². The number of aromatic nitrogens is 4. The average Bonchev–Trinajstić information content (AvgIpc) is 2.60. The third-order valence-electron chi connectivity index (χ3n) is 3.37. The summed E-state index contributed by atoms with van der Waals surface area (Å²) in [5.41, 5.74) is 4.05. The van der Waals surface area contributed by atoms with Crippen LogP contribution >= 0.6 is 23.4 Å². The van der Waals surface area contributed by atoms with Crippen molar-refractivity contribution in [2.45, 2.75) is 5.16 Å². The maximum absolute atomic E-state index is 12.3. The Balaban J connectivity index is 1.84. The SMILES string of the molecule is Nc1cc(=O)[nH]c(SCC(=O)Nc2cc(=O)[nH]c(=O)n2-c2ccc(Cl)cc2)n1. The summed E-state index contributed by atoms with van der Waals surface area (Å²) in [4.78, 5) is 56.0. The number of hydrogen-bond acceptors (Lipinski definition) is 7. The molecule has 0 atom stereocenters. The smallest absolute Gasteiger partial charge is 0.334 e. The van der Waals surface area contributed by atoms with Gasteiger partial charge in [-0.2, -0.15) is 0 Å². The van der Waals surface area contributed by atoms with E-state index in [4.69, 9.17) is 17.3 Å². The minimum Gasteiger partial charge on any atom is -0.383 e. The number of rotatable bonds is 5. The third kappa shape index (κ3) is 4.69. The van der Waals surface area contributed by atoms with Crippen LogP contribution in [0.15, 0.2) is 55.9 Å². The number of nitrogens with two attached hydrogens (primary N) is 1. The highest BCUT2D eigenvalue weighted by Gasteiger charge is 2.12. The second-order valence-electron chi connectivity index (χ2n) is 5.45. The van der Waals surface area contributed by atoms with Crippen molar-refractivity contribution < 1.29 is 4.79 Å². The average molecular weight is 421 g/mol. The van der Waals surface area contributed by atoms with Crippen molar-refractivity contribution in [1.82, 2.24) is 19.5 Å². The van der Waals surface area contributed by atoms with Gasteiger partial charge in [0.05, 0.1) is 11.4 Å². The van der Waals surface area contributed by atoms with Gasteiger partial charge in [-0.05, 0) is 24.3 Å². The molecular formula is C16H13ClN6O4S. The Morgan fingerprint density at radius 2 is 1.82 bits per heavy atom. The van der Waals surface area contributed by atoms with E-state index in [-0.39, 0.29) is 22.5 Å². The van der Waals surface area contributed by atoms with Gasteiger partial charge in [-0.15, -0.1) is 0 Å². The fourth-order valence-electron chi connectivity index (χ4n) is 2.27. The van der Waals surface area contributed by atoms with Crippen LogP contribution in [0.3, 0.4) is 0 Å². The number of nitrogen functional groups attached to an aromatic ring is 1. The molecule has 2 heterocycles. The number of anilines is 2. The molecule has 0 spiro atoms. The quantitative estimate of drug-likeness (QED) is 0.347. The van der Waals surface area contributed by atoms with E-state index in [1.807, 2.05) is 0 Å². The summed E-state index contributed by atoms with van der Waals surface area (Å²) in [5.74, 6) is -0.662. The van der Waals surface area contributed by atoms with Gasteiger partial charge in [0.2, 0.25) is 5.91 Å². The van der Waals surface area contributed by atoms with E-state index < -0.39 is 22.7 Å². The van der Waals surface area contributed by atoms with Crippen LogP contribution < -0.4 is 27.9 Å². The van der Waals surface area contributed by atoms with Gasteiger partial charge in [-0.3, -0.25) is 19.4 Å². The predicted molar refractivity (Wildman–Crippen MR) is 106 cm³/mol. The molecule has 3 rings (SSSR count). The Kier molecular flexibility index (Phi) is 5.66. The number of nitrogens with one attached hydrogen (secondary N) is 3. The van der Waals surface area contributed by atoms with Gasteiger partial charge in [0.25, 0.3) is 11.1 Å². The van der Waals surface area contributed by atoms with E-state index in [0.29, 0.717) is 10.7 Å². The van der Waals surface area contributed by atoms with Gasteiger partial charge in [0, 0.05) is 17.2 Å². The van der Waals surface area contributed by atoms with E-state index in [9.17, 15) is 19.2 Å². The number of benzene rings is 1. The number of hydrogen-bond donors (Lipinski definition) is 4. The molecule has 0 aliphatic heterocycles. The van der Waals surface area contributed by atoms with Crippen LogP contribution in [0.5, 0.6) is 0 Å². The van der Waals surface area contributed by atoms with Gasteiger partial charge >= 0.3 is 5.69 Å². The summed E-state index contributed by atoms with van der Waals surface area (Å²) >= 11 is 6.79. The van der Waals surface area contributed by atoms with Crippen LogP contribution in [0.4, 0.5) is 11.6 Å². The topological polar surface area (TPSA) is 156 Å². The molecule has 0 aliphatic carbocycles. The molecule has 0 radical (unpaired) electrons. The molecule has 1 amide bonds. The maximum Gasteiger partial charge on any atom is 0.334 e. The lowest BCUT2D eigenvalue weighted by Gasteiger charge is -2.13. The maximum atomic E-state index is 12.3. The van der Waals surface area contributed by atoms with E-state index in [2.05, 4.69) is 20.3 Å². The molecule has 0 saturated carbocycles. The molecule has 0 bridgehead atoms. The second-order valence-corrected chi connectivity index (χ2v) is 6.85. The zero-order valence-corrected chi connectivity index (χ0v) is 15.6. The first-order chi connectivity index (χ1) is 13.3. The van der Waals surface area contributed by atoms with Crippen molar-refractivity contribution in [3.63, 3.8) is 0 Å². The van der Waals surface area contributed by atoms with Crippen molar-refractivity contribution in [3.8, 4) is 5.69 Å². The highest BCUT2D eigenvalue weighted by Crippen LogP contribution is 2.16. The number of carbonyl (C=O) groups excluding carboxylic acids is 1. The molecule has 2 aromatic heterocycles. The first-order valence-electron chi connectivity index (χ1n) is 7.73. The molecular weight excluding hydrogens is 408 g/mol. The Morgan fingerprint density at radius 3 is 2.50 bits per heavy atom. The molecule has 0 aliphatic rings. The fourth-order valence-corrected chi connectivity index (χ4v) is 3.08. The van der Waals surface area contributed by atoms with Gasteiger partial charge < -0.3 is 16.0 Å². The number of nitrogens with zero attached hydrogens (tertiary/aromatic N) is 2. The van der Waals surface area contributed by atoms with Crippen LogP contribution in [-0.4, -0.2) is 31.2 Å². The van der Waals surface area contributed by atoms with E-state index >= 15 is 0 Å². The van der Waals surface area contributed by atoms with Gasteiger partial charge in [-0.1, -0.05) is 23.4 Å². The number of amides is 1. The highest BCUT2D eigenvalue weighted by molar-refractivity contribution is 7.99. The molecule has 10 nitrogen and oxygen atoms in total. The molecule has 1 aromatic carbocycles. The number of thioether (sulfide) groups is 1. The Bertz CT molecular complexity index is 1200. The number of aromatic amines is 2. The predicted octanol–water partition coefficient (Wildman–Crippen LogP) is 0.575. The minimum absolute atomic E-state index is 0.0179. The van der Waals surface area contributed by atoms with Gasteiger partial charge in [0.1, 0.15) is 11.6 Å². The van der Waals surface area contributed by atoms with Crippen LogP contribution in [0.25, 0.3) is 5.69 Å². The molecule has 28 heavy (non-hydrogen) atoms. The molecule has 0 unspecified atom stereocenters. The lowest BCUT2D eigenvalue weighted by atomic mass is 10.3. The van der Waals surface area contributed by atoms with Crippen LogP contribution in [0.1, 0.15) is 0 Å². The molecule has 3 aromatic rings. The number of carbonyl (C=O) groups is 1. The summed E-state index contributed by atoms with van der Waals surface area (Å²) in [6.45, 7) is 0. The standard InChI is InChI=1S/C16H13ClN6O4S/c17-8-1-3-9(4-2-8)23-11(6-13(25)22-16(23)27)20-14(26)7-28-15-19-10(18)5-12(24)21-15/h1-6H,7H2,(H,20,26)(H,22,25,27)(H3,18,19,21,24). The van der Waals surface area contributed by atoms with Crippen LogP contribution in [0.2, 0.25) is 5.02 Å².